The molecule has 2 rings (SSSR count). The number of rotatable bonds is 2. The molecular weight excluding hydrogens is 222 g/mol. The SMILES string of the molecule is OC(c1cscn1)C1CSCCS1. The van der Waals surface area contributed by atoms with Crippen LogP contribution in [0.3, 0.4) is 0 Å². The predicted octanol–water partition coefficient (Wildman–Crippen LogP) is 2.03. The lowest BCUT2D eigenvalue weighted by Gasteiger charge is -2.24. The zero-order valence-corrected chi connectivity index (χ0v) is 9.50. The maximum atomic E-state index is 9.94. The van der Waals surface area contributed by atoms with Crippen molar-refractivity contribution >= 4 is 34.9 Å². The van der Waals surface area contributed by atoms with Crippen LogP contribution >= 0.6 is 34.9 Å². The molecule has 1 aromatic rings. The van der Waals surface area contributed by atoms with Gasteiger partial charge in [-0.3, -0.25) is 0 Å². The first-order valence-corrected chi connectivity index (χ1v) is 7.28. The van der Waals surface area contributed by atoms with E-state index in [9.17, 15) is 5.11 Å². The Morgan fingerprint density at radius 2 is 2.46 bits per heavy atom. The Morgan fingerprint density at radius 3 is 3.08 bits per heavy atom. The Bertz CT molecular complexity index is 246. The van der Waals surface area contributed by atoms with Crippen LogP contribution in [0.5, 0.6) is 0 Å². The van der Waals surface area contributed by atoms with Crippen molar-refractivity contribution in [2.24, 2.45) is 0 Å². The number of thioether (sulfide) groups is 2. The van der Waals surface area contributed by atoms with E-state index in [1.807, 2.05) is 28.9 Å². The van der Waals surface area contributed by atoms with Crippen molar-refractivity contribution in [1.82, 2.24) is 4.98 Å². The van der Waals surface area contributed by atoms with Crippen LogP contribution in [0.15, 0.2) is 10.9 Å². The van der Waals surface area contributed by atoms with Gasteiger partial charge in [-0.25, -0.2) is 4.98 Å². The van der Waals surface area contributed by atoms with Crippen LogP contribution in [0.2, 0.25) is 0 Å². The largest absolute Gasteiger partial charge is 0.386 e. The Balaban J connectivity index is 1.99. The molecule has 1 saturated heterocycles. The lowest BCUT2D eigenvalue weighted by molar-refractivity contribution is 0.176. The summed E-state index contributed by atoms with van der Waals surface area (Å²) in [6, 6.07) is 0. The fourth-order valence-corrected chi connectivity index (χ4v) is 4.57. The number of aromatic nitrogens is 1. The van der Waals surface area contributed by atoms with Crippen molar-refractivity contribution in [3.05, 3.63) is 16.6 Å². The molecule has 0 bridgehead atoms. The van der Waals surface area contributed by atoms with E-state index in [2.05, 4.69) is 4.98 Å². The first kappa shape index (κ1) is 9.83. The van der Waals surface area contributed by atoms with Crippen LogP contribution < -0.4 is 0 Å². The van der Waals surface area contributed by atoms with E-state index in [-0.39, 0.29) is 6.10 Å². The topological polar surface area (TPSA) is 33.1 Å². The highest BCUT2D eigenvalue weighted by atomic mass is 32.2. The fourth-order valence-electron chi connectivity index (χ4n) is 1.25. The molecule has 1 aliphatic rings. The van der Waals surface area contributed by atoms with Gasteiger partial charge in [0.25, 0.3) is 0 Å². The van der Waals surface area contributed by atoms with Crippen LogP contribution in [0, 0.1) is 0 Å². The highest BCUT2D eigenvalue weighted by molar-refractivity contribution is 8.06. The van der Waals surface area contributed by atoms with Gasteiger partial charge < -0.3 is 5.11 Å². The van der Waals surface area contributed by atoms with E-state index in [4.69, 9.17) is 0 Å². The van der Waals surface area contributed by atoms with Crippen molar-refractivity contribution in [2.75, 3.05) is 17.3 Å². The second-order valence-corrected chi connectivity index (χ2v) is 6.06. The highest BCUT2D eigenvalue weighted by Gasteiger charge is 2.24. The summed E-state index contributed by atoms with van der Waals surface area (Å²) in [4.78, 5) is 4.14. The third kappa shape index (κ3) is 2.40. The lowest BCUT2D eigenvalue weighted by Crippen LogP contribution is -2.22. The van der Waals surface area contributed by atoms with Crippen LogP contribution in [0.4, 0.5) is 0 Å². The van der Waals surface area contributed by atoms with Crippen molar-refractivity contribution in [1.29, 1.82) is 0 Å². The van der Waals surface area contributed by atoms with Gasteiger partial charge in [0.05, 0.1) is 11.2 Å². The third-order valence-electron chi connectivity index (χ3n) is 1.95. The Kier molecular flexibility index (Phi) is 3.54. The molecule has 2 atom stereocenters. The summed E-state index contributed by atoms with van der Waals surface area (Å²) in [6.07, 6.45) is -0.371. The smallest absolute Gasteiger partial charge is 0.109 e. The van der Waals surface area contributed by atoms with E-state index in [1.165, 1.54) is 5.75 Å². The molecule has 0 saturated carbocycles. The number of aliphatic hydroxyl groups excluding tert-OH is 1. The molecule has 13 heavy (non-hydrogen) atoms. The van der Waals surface area contributed by atoms with Crippen LogP contribution in [-0.4, -0.2) is 32.6 Å². The summed E-state index contributed by atoms with van der Waals surface area (Å²) in [5, 5.41) is 12.2. The van der Waals surface area contributed by atoms with Crippen LogP contribution in [0.1, 0.15) is 11.8 Å². The molecule has 0 aliphatic carbocycles. The third-order valence-corrected chi connectivity index (χ3v) is 5.40. The van der Waals surface area contributed by atoms with E-state index >= 15 is 0 Å². The minimum atomic E-state index is -0.371. The second kappa shape index (κ2) is 4.68. The molecule has 0 amide bonds. The van der Waals surface area contributed by atoms with Crippen molar-refractivity contribution < 1.29 is 5.11 Å². The summed E-state index contributed by atoms with van der Waals surface area (Å²) in [5.41, 5.74) is 2.61. The van der Waals surface area contributed by atoms with Crippen LogP contribution in [-0.2, 0) is 0 Å². The molecule has 0 radical (unpaired) electrons. The maximum absolute atomic E-state index is 9.94. The van der Waals surface area contributed by atoms with E-state index in [0.29, 0.717) is 5.25 Å². The van der Waals surface area contributed by atoms with Crippen molar-refractivity contribution in [2.45, 2.75) is 11.4 Å². The zero-order valence-electron chi connectivity index (χ0n) is 7.05. The number of nitrogens with zero attached hydrogens (tertiary/aromatic N) is 1. The molecule has 1 aliphatic heterocycles. The summed E-state index contributed by atoms with van der Waals surface area (Å²) < 4.78 is 0. The van der Waals surface area contributed by atoms with Gasteiger partial charge in [0.2, 0.25) is 0 Å². The molecule has 1 aromatic heterocycles. The van der Waals surface area contributed by atoms with E-state index in [0.717, 1.165) is 17.2 Å². The average molecular weight is 233 g/mol. The van der Waals surface area contributed by atoms with E-state index in [1.54, 1.807) is 16.8 Å². The van der Waals surface area contributed by atoms with Gasteiger partial charge >= 0.3 is 0 Å². The molecule has 2 nitrogen and oxygen atoms in total. The van der Waals surface area contributed by atoms with Crippen LogP contribution in [0.25, 0.3) is 0 Å². The molecule has 2 unspecified atom stereocenters. The normalized spacial score (nSPS) is 25.8. The molecule has 5 heteroatoms. The summed E-state index contributed by atoms with van der Waals surface area (Å²) in [5.74, 6) is 3.41. The van der Waals surface area contributed by atoms with Crippen molar-refractivity contribution in [3.8, 4) is 0 Å². The molecule has 72 valence electrons. The van der Waals surface area contributed by atoms with Gasteiger partial charge in [-0.15, -0.1) is 11.3 Å². The second-order valence-electron chi connectivity index (χ2n) is 2.84. The minimum absolute atomic E-state index is 0.334. The molecule has 1 fully saturated rings. The number of hydrogen-bond acceptors (Lipinski definition) is 5. The molecule has 0 aromatic carbocycles. The lowest BCUT2D eigenvalue weighted by atomic mass is 10.2. The Hall–Kier alpha value is 0.290. The number of aliphatic hydroxyl groups is 1. The zero-order chi connectivity index (χ0) is 9.10. The van der Waals surface area contributed by atoms with Gasteiger partial charge in [-0.2, -0.15) is 23.5 Å². The minimum Gasteiger partial charge on any atom is -0.386 e. The van der Waals surface area contributed by atoms with E-state index < -0.39 is 0 Å². The van der Waals surface area contributed by atoms with Crippen molar-refractivity contribution in [3.63, 3.8) is 0 Å². The van der Waals surface area contributed by atoms with Gasteiger partial charge in [0.15, 0.2) is 0 Å². The number of thiazole rings is 1. The molecule has 1 N–H and O–H groups in total. The molecule has 0 spiro atoms. The molecular formula is C8H11NOS3. The van der Waals surface area contributed by atoms with Gasteiger partial charge in [-0.1, -0.05) is 0 Å². The first-order chi connectivity index (χ1) is 6.38. The monoisotopic (exact) mass is 233 g/mol. The summed E-state index contributed by atoms with van der Waals surface area (Å²) in [7, 11) is 0. The Labute approximate surface area is 90.2 Å². The summed E-state index contributed by atoms with van der Waals surface area (Å²) >= 11 is 5.33. The predicted molar refractivity (Wildman–Crippen MR) is 60.6 cm³/mol. The Morgan fingerprint density at radius 1 is 1.54 bits per heavy atom. The standard InChI is InChI=1S/C8H11NOS3/c10-8(6-3-12-5-9-6)7-4-11-1-2-13-7/h3,5,7-8,10H,1-2,4H2. The van der Waals surface area contributed by atoms with Gasteiger partial charge in [0.1, 0.15) is 6.10 Å². The number of hydrogen-bond donors (Lipinski definition) is 1. The first-order valence-electron chi connectivity index (χ1n) is 4.13. The van der Waals surface area contributed by atoms with Gasteiger partial charge in [0, 0.05) is 27.9 Å². The highest BCUT2D eigenvalue weighted by Crippen LogP contribution is 2.33. The quantitative estimate of drug-likeness (QED) is 0.847. The molecule has 2 heterocycles. The average Bonchev–Trinajstić information content (AvgIpc) is 2.71. The fraction of sp³-hybridized carbons (Fsp3) is 0.625. The van der Waals surface area contributed by atoms with Gasteiger partial charge in [-0.05, 0) is 0 Å². The maximum Gasteiger partial charge on any atom is 0.109 e. The summed E-state index contributed by atoms with van der Waals surface area (Å²) in [6.45, 7) is 0.